The largest absolute Gasteiger partial charge is 0.444 e. The number of carbonyl (C=O) groups excluding carboxylic acids is 1. The smallest absolute Gasteiger partial charge is 0.410 e. The average molecular weight is 557 g/mol. The van der Waals surface area contributed by atoms with Gasteiger partial charge in [-0.05, 0) is 64.4 Å². The molecule has 1 amide bonds. The Morgan fingerprint density at radius 1 is 1.05 bits per heavy atom. The van der Waals surface area contributed by atoms with Crippen molar-refractivity contribution in [1.29, 1.82) is 0 Å². The molecule has 1 aliphatic heterocycles. The van der Waals surface area contributed by atoms with Gasteiger partial charge in [0.25, 0.3) is 0 Å². The molecule has 0 spiro atoms. The summed E-state index contributed by atoms with van der Waals surface area (Å²) in [5, 5.41) is 0. The number of aromatic nitrogens is 5. The Hall–Kier alpha value is -4.05. The van der Waals surface area contributed by atoms with Gasteiger partial charge < -0.3 is 19.5 Å². The summed E-state index contributed by atoms with van der Waals surface area (Å²) in [7, 11) is 2.04. The van der Waals surface area contributed by atoms with Crippen LogP contribution in [0.2, 0.25) is 0 Å². The number of piperazine rings is 1. The highest BCUT2D eigenvalue weighted by Crippen LogP contribution is 2.25. The van der Waals surface area contributed by atoms with Crippen molar-refractivity contribution in [3.05, 3.63) is 66.0 Å². The lowest BCUT2D eigenvalue weighted by molar-refractivity contribution is 0.0139. The molecule has 216 valence electrons. The normalized spacial score (nSPS) is 14.6. The van der Waals surface area contributed by atoms with Gasteiger partial charge in [-0.2, -0.15) is 0 Å². The van der Waals surface area contributed by atoms with Crippen LogP contribution < -0.4 is 4.90 Å². The van der Waals surface area contributed by atoms with Crippen LogP contribution >= 0.6 is 0 Å². The topological polar surface area (TPSA) is 103 Å². The third-order valence-electron chi connectivity index (χ3n) is 7.28. The van der Waals surface area contributed by atoms with Gasteiger partial charge in [0.2, 0.25) is 0 Å². The molecule has 10 heteroatoms. The molecule has 5 rings (SSSR count). The fourth-order valence-corrected chi connectivity index (χ4v) is 4.84. The van der Waals surface area contributed by atoms with Crippen LogP contribution in [0, 0.1) is 0 Å². The fraction of sp³-hybridized carbons (Fsp3) is 0.452. The standard InChI is InChI=1S/C31H40N8O2/c1-21(2)37(6)29-18-26(33-20-34-29)23-7-8-25-27(16-23)36-28(35-25)17-24-15-22(9-10-32-24)19-38-11-13-39(14-12-38)30(40)41-31(3,4)5/h7-10,15-16,18,20-21H,11-14,17,19H2,1-6H3,(H,35,36). The van der Waals surface area contributed by atoms with Gasteiger partial charge >= 0.3 is 6.09 Å². The molecule has 4 heterocycles. The van der Waals surface area contributed by atoms with Crippen LogP contribution in [0.25, 0.3) is 22.3 Å². The summed E-state index contributed by atoms with van der Waals surface area (Å²) in [6, 6.07) is 12.7. The Bertz CT molecular complexity index is 1500. The second-order valence-corrected chi connectivity index (χ2v) is 12.0. The first-order valence-corrected chi connectivity index (χ1v) is 14.2. The summed E-state index contributed by atoms with van der Waals surface area (Å²) in [4.78, 5) is 40.5. The minimum Gasteiger partial charge on any atom is -0.444 e. The van der Waals surface area contributed by atoms with Crippen LogP contribution in [-0.2, 0) is 17.7 Å². The van der Waals surface area contributed by atoms with Crippen LogP contribution in [0.5, 0.6) is 0 Å². The molecule has 0 radical (unpaired) electrons. The molecular formula is C31H40N8O2. The Morgan fingerprint density at radius 2 is 1.83 bits per heavy atom. The minimum atomic E-state index is -0.477. The van der Waals surface area contributed by atoms with Gasteiger partial charge in [-0.1, -0.05) is 6.07 Å². The zero-order valence-corrected chi connectivity index (χ0v) is 24.9. The maximum Gasteiger partial charge on any atom is 0.410 e. The number of fused-ring (bicyclic) bond motifs is 1. The van der Waals surface area contributed by atoms with E-state index in [1.807, 2.05) is 46.1 Å². The predicted octanol–water partition coefficient (Wildman–Crippen LogP) is 4.90. The Balaban J connectivity index is 1.22. The first-order valence-electron chi connectivity index (χ1n) is 14.2. The second kappa shape index (κ2) is 11.8. The van der Waals surface area contributed by atoms with Crippen LogP contribution in [0.3, 0.4) is 0 Å². The number of carbonyl (C=O) groups is 1. The van der Waals surface area contributed by atoms with Crippen molar-refractivity contribution in [2.45, 2.75) is 59.2 Å². The van der Waals surface area contributed by atoms with Crippen molar-refractivity contribution in [1.82, 2.24) is 34.7 Å². The number of hydrogen-bond acceptors (Lipinski definition) is 8. The highest BCUT2D eigenvalue weighted by molar-refractivity contribution is 5.81. The fourth-order valence-electron chi connectivity index (χ4n) is 4.84. The van der Waals surface area contributed by atoms with Crippen LogP contribution in [-0.4, -0.2) is 85.7 Å². The maximum absolute atomic E-state index is 12.4. The number of imidazole rings is 1. The van der Waals surface area contributed by atoms with E-state index < -0.39 is 5.60 Å². The number of anilines is 1. The first-order chi connectivity index (χ1) is 19.5. The molecule has 1 N–H and O–H groups in total. The van der Waals surface area contributed by atoms with Gasteiger partial charge in [-0.3, -0.25) is 9.88 Å². The monoisotopic (exact) mass is 556 g/mol. The van der Waals surface area contributed by atoms with Gasteiger partial charge in [0.1, 0.15) is 23.6 Å². The average Bonchev–Trinajstić information content (AvgIpc) is 3.33. The number of rotatable bonds is 7. The molecule has 0 atom stereocenters. The van der Waals surface area contributed by atoms with Crippen molar-refractivity contribution in [2.24, 2.45) is 0 Å². The molecule has 1 saturated heterocycles. The summed E-state index contributed by atoms with van der Waals surface area (Å²) in [6.45, 7) is 13.7. The molecule has 1 aromatic carbocycles. The molecule has 10 nitrogen and oxygen atoms in total. The molecular weight excluding hydrogens is 516 g/mol. The molecule has 0 aliphatic carbocycles. The van der Waals surface area contributed by atoms with Crippen molar-refractivity contribution >= 4 is 22.9 Å². The Labute approximate surface area is 241 Å². The molecule has 41 heavy (non-hydrogen) atoms. The summed E-state index contributed by atoms with van der Waals surface area (Å²) >= 11 is 0. The quantitative estimate of drug-likeness (QED) is 0.343. The van der Waals surface area contributed by atoms with E-state index in [1.165, 1.54) is 5.56 Å². The summed E-state index contributed by atoms with van der Waals surface area (Å²) in [5.74, 6) is 1.77. The van der Waals surface area contributed by atoms with E-state index in [2.05, 4.69) is 67.8 Å². The SMILES string of the molecule is CC(C)N(C)c1cc(-c2ccc3nc(Cc4cc(CN5CCN(C(=O)OC(C)(C)C)CC5)ccn4)[nH]c3c2)ncn1. The van der Waals surface area contributed by atoms with Crippen molar-refractivity contribution in [3.63, 3.8) is 0 Å². The number of H-pyrrole nitrogens is 1. The highest BCUT2D eigenvalue weighted by Gasteiger charge is 2.26. The van der Waals surface area contributed by atoms with Crippen molar-refractivity contribution in [2.75, 3.05) is 38.1 Å². The lowest BCUT2D eigenvalue weighted by Crippen LogP contribution is -2.49. The van der Waals surface area contributed by atoms with Crippen LogP contribution in [0.15, 0.2) is 48.9 Å². The van der Waals surface area contributed by atoms with Crippen LogP contribution in [0.1, 0.15) is 51.7 Å². The van der Waals surface area contributed by atoms with Crippen molar-refractivity contribution in [3.8, 4) is 11.3 Å². The number of amides is 1. The van der Waals surface area contributed by atoms with Crippen molar-refractivity contribution < 1.29 is 9.53 Å². The van der Waals surface area contributed by atoms with E-state index in [9.17, 15) is 4.79 Å². The van der Waals surface area contributed by atoms with E-state index in [4.69, 9.17) is 9.72 Å². The third kappa shape index (κ3) is 7.18. The number of benzene rings is 1. The van der Waals surface area contributed by atoms with E-state index >= 15 is 0 Å². The summed E-state index contributed by atoms with van der Waals surface area (Å²) in [6.07, 6.45) is 3.86. The molecule has 3 aromatic heterocycles. The Morgan fingerprint density at radius 3 is 2.56 bits per heavy atom. The number of pyridine rings is 1. The first kappa shape index (κ1) is 28.5. The predicted molar refractivity (Wildman–Crippen MR) is 161 cm³/mol. The number of aromatic amines is 1. The summed E-state index contributed by atoms with van der Waals surface area (Å²) < 4.78 is 5.52. The lowest BCUT2D eigenvalue weighted by Gasteiger charge is -2.35. The van der Waals surface area contributed by atoms with E-state index in [1.54, 1.807) is 11.2 Å². The Kier molecular flexibility index (Phi) is 8.21. The third-order valence-corrected chi connectivity index (χ3v) is 7.28. The number of hydrogen-bond donors (Lipinski definition) is 1. The molecule has 0 bridgehead atoms. The van der Waals surface area contributed by atoms with Gasteiger partial charge in [-0.15, -0.1) is 0 Å². The van der Waals surface area contributed by atoms with E-state index in [0.29, 0.717) is 25.6 Å². The van der Waals surface area contributed by atoms with E-state index in [-0.39, 0.29) is 6.09 Å². The number of nitrogens with zero attached hydrogens (tertiary/aromatic N) is 7. The molecule has 0 saturated carbocycles. The zero-order valence-electron chi connectivity index (χ0n) is 24.9. The molecule has 0 unspecified atom stereocenters. The van der Waals surface area contributed by atoms with Gasteiger partial charge in [0.15, 0.2) is 0 Å². The zero-order chi connectivity index (χ0) is 29.1. The van der Waals surface area contributed by atoms with E-state index in [0.717, 1.165) is 59.3 Å². The molecule has 1 fully saturated rings. The summed E-state index contributed by atoms with van der Waals surface area (Å²) in [5.41, 5.74) is 5.46. The minimum absolute atomic E-state index is 0.234. The van der Waals surface area contributed by atoms with Crippen LogP contribution in [0.4, 0.5) is 10.6 Å². The molecule has 1 aliphatic rings. The highest BCUT2D eigenvalue weighted by atomic mass is 16.6. The number of ether oxygens (including phenoxy) is 1. The second-order valence-electron chi connectivity index (χ2n) is 12.0. The lowest BCUT2D eigenvalue weighted by atomic mass is 10.1. The molecule has 4 aromatic rings. The van der Waals surface area contributed by atoms with Gasteiger partial charge in [-0.25, -0.2) is 19.7 Å². The maximum atomic E-state index is 12.4. The van der Waals surface area contributed by atoms with Gasteiger partial charge in [0, 0.05) is 75.8 Å². The van der Waals surface area contributed by atoms with Gasteiger partial charge in [0.05, 0.1) is 16.7 Å². The number of nitrogens with one attached hydrogen (secondary N) is 1.